The van der Waals surface area contributed by atoms with E-state index in [1.54, 1.807) is 12.1 Å². The minimum absolute atomic E-state index is 0.133. The first-order chi connectivity index (χ1) is 8.24. The third kappa shape index (κ3) is 2.04. The van der Waals surface area contributed by atoms with Gasteiger partial charge in [-0.3, -0.25) is 0 Å². The highest BCUT2D eigenvalue weighted by Gasteiger charge is 2.28. The summed E-state index contributed by atoms with van der Waals surface area (Å²) in [5.41, 5.74) is 8.47. The van der Waals surface area contributed by atoms with E-state index in [-0.39, 0.29) is 5.82 Å². The maximum atomic E-state index is 13.3. The second kappa shape index (κ2) is 4.30. The zero-order valence-electron chi connectivity index (χ0n) is 10.0. The van der Waals surface area contributed by atoms with Crippen molar-refractivity contribution < 1.29 is 4.39 Å². The zero-order chi connectivity index (χ0) is 11.8. The van der Waals surface area contributed by atoms with Crippen LogP contribution in [-0.2, 0) is 6.42 Å². The van der Waals surface area contributed by atoms with Crippen molar-refractivity contribution in [1.82, 2.24) is 0 Å². The van der Waals surface area contributed by atoms with E-state index >= 15 is 0 Å². The van der Waals surface area contributed by atoms with E-state index in [0.717, 1.165) is 31.6 Å². The molecule has 2 nitrogen and oxygen atoms in total. The first kappa shape index (κ1) is 11.0. The molecule has 1 aromatic rings. The quantitative estimate of drug-likeness (QED) is 0.851. The molecular weight excluding hydrogens is 215 g/mol. The molecule has 2 atom stereocenters. The fourth-order valence-electron chi connectivity index (χ4n) is 3.18. The number of nitrogens with two attached hydrogens (primary N) is 1. The van der Waals surface area contributed by atoms with Crippen LogP contribution in [0.15, 0.2) is 18.2 Å². The van der Waals surface area contributed by atoms with E-state index in [4.69, 9.17) is 5.73 Å². The van der Waals surface area contributed by atoms with E-state index in [2.05, 4.69) is 4.90 Å². The number of anilines is 1. The summed E-state index contributed by atoms with van der Waals surface area (Å²) in [6.45, 7) is 2.01. The van der Waals surface area contributed by atoms with Gasteiger partial charge in [-0.25, -0.2) is 4.39 Å². The van der Waals surface area contributed by atoms with Gasteiger partial charge in [0.2, 0.25) is 0 Å². The van der Waals surface area contributed by atoms with E-state index in [1.165, 1.54) is 18.4 Å². The van der Waals surface area contributed by atoms with Crippen LogP contribution in [0.5, 0.6) is 0 Å². The molecular formula is C14H19FN2. The van der Waals surface area contributed by atoms with Crippen LogP contribution in [-0.4, -0.2) is 19.1 Å². The molecule has 0 saturated heterocycles. The van der Waals surface area contributed by atoms with Gasteiger partial charge in [0.15, 0.2) is 0 Å². The molecule has 1 aliphatic heterocycles. The Hall–Kier alpha value is -1.09. The number of halogens is 1. The van der Waals surface area contributed by atoms with E-state index in [9.17, 15) is 4.39 Å². The molecule has 0 amide bonds. The molecule has 1 aromatic carbocycles. The van der Waals surface area contributed by atoms with Crippen molar-refractivity contribution in [1.29, 1.82) is 0 Å². The lowest BCUT2D eigenvalue weighted by Gasteiger charge is -2.25. The zero-order valence-corrected chi connectivity index (χ0v) is 10.0. The highest BCUT2D eigenvalue weighted by molar-refractivity contribution is 5.58. The molecule has 92 valence electrons. The predicted molar refractivity (Wildman–Crippen MR) is 67.6 cm³/mol. The minimum atomic E-state index is -0.133. The van der Waals surface area contributed by atoms with Gasteiger partial charge in [0.05, 0.1) is 0 Å². The fourth-order valence-corrected chi connectivity index (χ4v) is 3.18. The van der Waals surface area contributed by atoms with Gasteiger partial charge in [0.1, 0.15) is 5.82 Å². The lowest BCUT2D eigenvalue weighted by molar-refractivity contribution is 0.477. The van der Waals surface area contributed by atoms with Gasteiger partial charge in [0.25, 0.3) is 0 Å². The van der Waals surface area contributed by atoms with Crippen molar-refractivity contribution in [3.63, 3.8) is 0 Å². The van der Waals surface area contributed by atoms with Crippen molar-refractivity contribution in [2.45, 2.75) is 31.7 Å². The van der Waals surface area contributed by atoms with Crippen molar-refractivity contribution in [3.05, 3.63) is 29.6 Å². The van der Waals surface area contributed by atoms with Crippen LogP contribution in [0.3, 0.4) is 0 Å². The Labute approximate surface area is 102 Å². The van der Waals surface area contributed by atoms with Crippen LogP contribution in [0, 0.1) is 11.7 Å². The van der Waals surface area contributed by atoms with Crippen LogP contribution in [0.2, 0.25) is 0 Å². The molecule has 1 heterocycles. The van der Waals surface area contributed by atoms with Crippen LogP contribution in [0.4, 0.5) is 10.1 Å². The Kier molecular flexibility index (Phi) is 2.79. The molecule has 1 aliphatic carbocycles. The summed E-state index contributed by atoms with van der Waals surface area (Å²) in [6.07, 6.45) is 4.66. The molecule has 2 unspecified atom stereocenters. The van der Waals surface area contributed by atoms with Gasteiger partial charge in [-0.1, -0.05) is 12.5 Å². The first-order valence-electron chi connectivity index (χ1n) is 6.53. The molecule has 0 spiro atoms. The summed E-state index contributed by atoms with van der Waals surface area (Å²) >= 11 is 0. The third-order valence-electron chi connectivity index (χ3n) is 4.21. The summed E-state index contributed by atoms with van der Waals surface area (Å²) in [4.78, 5) is 2.31. The van der Waals surface area contributed by atoms with Crippen LogP contribution in [0.25, 0.3) is 0 Å². The lowest BCUT2D eigenvalue weighted by atomic mass is 10.0. The van der Waals surface area contributed by atoms with Gasteiger partial charge in [0, 0.05) is 24.8 Å². The summed E-state index contributed by atoms with van der Waals surface area (Å²) in [5, 5.41) is 0. The van der Waals surface area contributed by atoms with E-state index in [0.29, 0.717) is 12.0 Å². The molecule has 2 aliphatic rings. The predicted octanol–water partition coefficient (Wildman–Crippen LogP) is 2.32. The molecule has 3 rings (SSSR count). The molecule has 1 saturated carbocycles. The van der Waals surface area contributed by atoms with Gasteiger partial charge >= 0.3 is 0 Å². The number of rotatable bonds is 2. The number of fused-ring (bicyclic) bond motifs is 1. The molecule has 17 heavy (non-hydrogen) atoms. The van der Waals surface area contributed by atoms with E-state index < -0.39 is 0 Å². The maximum Gasteiger partial charge on any atom is 0.125 e. The average molecular weight is 234 g/mol. The van der Waals surface area contributed by atoms with Crippen molar-refractivity contribution in [2.24, 2.45) is 11.7 Å². The van der Waals surface area contributed by atoms with Gasteiger partial charge in [-0.05, 0) is 42.9 Å². The summed E-state index contributed by atoms with van der Waals surface area (Å²) in [5.74, 6) is 0.454. The molecule has 1 fully saturated rings. The van der Waals surface area contributed by atoms with Crippen LogP contribution in [0.1, 0.15) is 24.8 Å². The standard InChI is InChI=1S/C14H19FN2/c15-12-5-4-10-6-7-17(14(10)8-12)9-11-2-1-3-13(11)16/h4-5,8,11,13H,1-3,6-7,9,16H2. The molecule has 0 aromatic heterocycles. The highest BCUT2D eigenvalue weighted by Crippen LogP contribution is 2.32. The Morgan fingerprint density at radius 3 is 3.00 bits per heavy atom. The molecule has 0 bridgehead atoms. The van der Waals surface area contributed by atoms with E-state index in [1.807, 2.05) is 6.07 Å². The highest BCUT2D eigenvalue weighted by atomic mass is 19.1. The Morgan fingerprint density at radius 1 is 1.35 bits per heavy atom. The minimum Gasteiger partial charge on any atom is -0.371 e. The molecule has 3 heteroatoms. The Morgan fingerprint density at radius 2 is 2.24 bits per heavy atom. The Balaban J connectivity index is 1.76. The molecule has 0 radical (unpaired) electrons. The van der Waals surface area contributed by atoms with Gasteiger partial charge in [-0.2, -0.15) is 0 Å². The second-order valence-electron chi connectivity index (χ2n) is 5.32. The topological polar surface area (TPSA) is 29.3 Å². The van der Waals surface area contributed by atoms with Gasteiger partial charge in [-0.15, -0.1) is 0 Å². The lowest BCUT2D eigenvalue weighted by Crippen LogP contribution is -2.35. The fraction of sp³-hybridized carbons (Fsp3) is 0.571. The molecule has 2 N–H and O–H groups in total. The Bertz CT molecular complexity index is 419. The first-order valence-corrected chi connectivity index (χ1v) is 6.53. The average Bonchev–Trinajstić information content (AvgIpc) is 2.88. The van der Waals surface area contributed by atoms with Crippen molar-refractivity contribution in [2.75, 3.05) is 18.0 Å². The summed E-state index contributed by atoms with van der Waals surface area (Å²) < 4.78 is 13.3. The summed E-state index contributed by atoms with van der Waals surface area (Å²) in [6, 6.07) is 5.48. The smallest absolute Gasteiger partial charge is 0.125 e. The van der Waals surface area contributed by atoms with Gasteiger partial charge < -0.3 is 10.6 Å². The third-order valence-corrected chi connectivity index (χ3v) is 4.21. The summed E-state index contributed by atoms with van der Waals surface area (Å²) in [7, 11) is 0. The normalized spacial score (nSPS) is 27.5. The second-order valence-corrected chi connectivity index (χ2v) is 5.32. The largest absolute Gasteiger partial charge is 0.371 e. The number of nitrogens with zero attached hydrogens (tertiary/aromatic N) is 1. The monoisotopic (exact) mass is 234 g/mol. The van der Waals surface area contributed by atoms with Crippen molar-refractivity contribution in [3.8, 4) is 0 Å². The number of hydrogen-bond donors (Lipinski definition) is 1. The SMILES string of the molecule is NC1CCCC1CN1CCc2ccc(F)cc21. The number of hydrogen-bond acceptors (Lipinski definition) is 2. The van der Waals surface area contributed by atoms with Crippen LogP contribution < -0.4 is 10.6 Å². The maximum absolute atomic E-state index is 13.3. The van der Waals surface area contributed by atoms with Crippen LogP contribution >= 0.6 is 0 Å². The number of benzene rings is 1. The van der Waals surface area contributed by atoms with Crippen molar-refractivity contribution >= 4 is 5.69 Å².